The molecule has 0 N–H and O–H groups in total. The van der Waals surface area contributed by atoms with Crippen molar-refractivity contribution in [2.24, 2.45) is 7.05 Å². The maximum absolute atomic E-state index is 9.16. The van der Waals surface area contributed by atoms with Gasteiger partial charge in [-0.2, -0.15) is 10.4 Å². The van der Waals surface area contributed by atoms with E-state index in [2.05, 4.69) is 11.2 Å². The maximum Gasteiger partial charge on any atom is 0.0934 e. The van der Waals surface area contributed by atoms with Gasteiger partial charge in [0.25, 0.3) is 0 Å². The van der Waals surface area contributed by atoms with Gasteiger partial charge in [0.15, 0.2) is 0 Å². The zero-order chi connectivity index (χ0) is 12.5. The van der Waals surface area contributed by atoms with E-state index >= 15 is 0 Å². The number of nitrogens with zero attached hydrogens (tertiary/aromatic N) is 3. The van der Waals surface area contributed by atoms with Crippen LogP contribution in [-0.4, -0.2) is 9.78 Å². The molecular weight excluding hydrogens is 210 g/mol. The average Bonchev–Trinajstić information content (AvgIpc) is 2.73. The standard InChI is InChI=1S/C14H15N3/c1-14(2,10-15)13-9-12(16-17(13)3)11-7-5-4-6-8-11/h4-9H,1-3H3. The highest BCUT2D eigenvalue weighted by Crippen LogP contribution is 2.26. The second-order valence-corrected chi connectivity index (χ2v) is 4.64. The van der Waals surface area contributed by atoms with Crippen LogP contribution >= 0.6 is 0 Å². The summed E-state index contributed by atoms with van der Waals surface area (Å²) in [6, 6.07) is 14.3. The number of hydrogen-bond donors (Lipinski definition) is 0. The topological polar surface area (TPSA) is 41.6 Å². The fraction of sp³-hybridized carbons (Fsp3) is 0.286. The summed E-state index contributed by atoms with van der Waals surface area (Å²) in [5, 5.41) is 13.6. The van der Waals surface area contributed by atoms with Crippen LogP contribution in [0.4, 0.5) is 0 Å². The van der Waals surface area contributed by atoms with Crippen molar-refractivity contribution in [3.63, 3.8) is 0 Å². The Bertz CT molecular complexity index is 559. The third-order valence-corrected chi connectivity index (χ3v) is 2.87. The van der Waals surface area contributed by atoms with E-state index in [4.69, 9.17) is 5.26 Å². The number of rotatable bonds is 2. The Morgan fingerprint density at radius 2 is 1.88 bits per heavy atom. The van der Waals surface area contributed by atoms with Gasteiger partial charge in [-0.3, -0.25) is 4.68 Å². The Hall–Kier alpha value is -2.08. The first kappa shape index (κ1) is 11.4. The molecule has 0 spiro atoms. The summed E-state index contributed by atoms with van der Waals surface area (Å²) in [6.45, 7) is 3.80. The summed E-state index contributed by atoms with van der Waals surface area (Å²) >= 11 is 0. The highest BCUT2D eigenvalue weighted by Gasteiger charge is 2.24. The van der Waals surface area contributed by atoms with Crippen molar-refractivity contribution in [3.8, 4) is 17.3 Å². The molecule has 0 saturated carbocycles. The van der Waals surface area contributed by atoms with Crippen LogP contribution in [0, 0.1) is 11.3 Å². The van der Waals surface area contributed by atoms with Crippen molar-refractivity contribution in [1.82, 2.24) is 9.78 Å². The van der Waals surface area contributed by atoms with Crippen molar-refractivity contribution in [2.75, 3.05) is 0 Å². The molecule has 1 heterocycles. The minimum Gasteiger partial charge on any atom is -0.270 e. The molecular formula is C14H15N3. The largest absolute Gasteiger partial charge is 0.270 e. The van der Waals surface area contributed by atoms with Gasteiger partial charge < -0.3 is 0 Å². The molecule has 1 aromatic heterocycles. The second kappa shape index (κ2) is 4.06. The van der Waals surface area contributed by atoms with E-state index in [1.807, 2.05) is 57.3 Å². The molecule has 2 aromatic rings. The van der Waals surface area contributed by atoms with Gasteiger partial charge in [0.2, 0.25) is 0 Å². The van der Waals surface area contributed by atoms with Crippen LogP contribution in [0.5, 0.6) is 0 Å². The zero-order valence-electron chi connectivity index (χ0n) is 10.3. The summed E-state index contributed by atoms with van der Waals surface area (Å²) in [5.74, 6) is 0. The van der Waals surface area contributed by atoms with Crippen LogP contribution < -0.4 is 0 Å². The van der Waals surface area contributed by atoms with Gasteiger partial charge in [-0.1, -0.05) is 30.3 Å². The highest BCUT2D eigenvalue weighted by molar-refractivity contribution is 5.59. The second-order valence-electron chi connectivity index (χ2n) is 4.64. The Balaban J connectivity index is 2.49. The molecule has 0 atom stereocenters. The number of aromatic nitrogens is 2. The number of hydrogen-bond acceptors (Lipinski definition) is 2. The van der Waals surface area contributed by atoms with Gasteiger partial charge in [-0.25, -0.2) is 0 Å². The molecule has 0 amide bonds. The van der Waals surface area contributed by atoms with Gasteiger partial charge in [0.05, 0.1) is 22.9 Å². The molecule has 3 nitrogen and oxygen atoms in total. The quantitative estimate of drug-likeness (QED) is 0.788. The zero-order valence-corrected chi connectivity index (χ0v) is 10.3. The lowest BCUT2D eigenvalue weighted by Crippen LogP contribution is -2.18. The first-order valence-electron chi connectivity index (χ1n) is 5.56. The molecule has 1 aromatic carbocycles. The molecule has 0 fully saturated rings. The molecule has 0 radical (unpaired) electrons. The fourth-order valence-corrected chi connectivity index (χ4v) is 1.86. The van der Waals surface area contributed by atoms with Crippen LogP contribution in [0.25, 0.3) is 11.3 Å². The van der Waals surface area contributed by atoms with Crippen LogP contribution in [-0.2, 0) is 12.5 Å². The van der Waals surface area contributed by atoms with Crippen LogP contribution in [0.3, 0.4) is 0 Å². The summed E-state index contributed by atoms with van der Waals surface area (Å²) in [7, 11) is 1.88. The van der Waals surface area contributed by atoms with Crippen LogP contribution in [0.15, 0.2) is 36.4 Å². The molecule has 0 unspecified atom stereocenters. The number of nitriles is 1. The smallest absolute Gasteiger partial charge is 0.0934 e. The normalized spacial score (nSPS) is 11.2. The lowest BCUT2D eigenvalue weighted by Gasteiger charge is -2.14. The van der Waals surface area contributed by atoms with Gasteiger partial charge in [-0.05, 0) is 19.9 Å². The Kier molecular flexibility index (Phi) is 2.72. The molecule has 0 aliphatic carbocycles. The molecule has 0 aliphatic rings. The van der Waals surface area contributed by atoms with E-state index in [-0.39, 0.29) is 0 Å². The monoisotopic (exact) mass is 225 g/mol. The van der Waals surface area contributed by atoms with Crippen molar-refractivity contribution < 1.29 is 0 Å². The molecule has 0 saturated heterocycles. The molecule has 2 rings (SSSR count). The average molecular weight is 225 g/mol. The molecule has 86 valence electrons. The SMILES string of the molecule is Cn1nc(-c2ccccc2)cc1C(C)(C)C#N. The van der Waals surface area contributed by atoms with Crippen molar-refractivity contribution in [1.29, 1.82) is 5.26 Å². The third kappa shape index (κ3) is 2.07. The van der Waals surface area contributed by atoms with E-state index in [1.54, 1.807) is 4.68 Å². The molecule has 0 bridgehead atoms. The Morgan fingerprint density at radius 3 is 2.47 bits per heavy atom. The van der Waals surface area contributed by atoms with Crippen molar-refractivity contribution in [2.45, 2.75) is 19.3 Å². The van der Waals surface area contributed by atoms with Gasteiger partial charge in [0.1, 0.15) is 0 Å². The Labute approximate surface area is 101 Å². The van der Waals surface area contributed by atoms with E-state index in [0.717, 1.165) is 17.0 Å². The summed E-state index contributed by atoms with van der Waals surface area (Å²) < 4.78 is 1.78. The van der Waals surface area contributed by atoms with E-state index < -0.39 is 5.41 Å². The minimum atomic E-state index is -0.519. The van der Waals surface area contributed by atoms with Gasteiger partial charge >= 0.3 is 0 Å². The highest BCUT2D eigenvalue weighted by atomic mass is 15.3. The molecule has 3 heteroatoms. The van der Waals surface area contributed by atoms with Crippen molar-refractivity contribution >= 4 is 0 Å². The third-order valence-electron chi connectivity index (χ3n) is 2.87. The first-order chi connectivity index (χ1) is 8.04. The summed E-state index contributed by atoms with van der Waals surface area (Å²) in [5.41, 5.74) is 2.39. The molecule has 17 heavy (non-hydrogen) atoms. The van der Waals surface area contributed by atoms with E-state index in [1.165, 1.54) is 0 Å². The maximum atomic E-state index is 9.16. The number of aryl methyl sites for hydroxylation is 1. The summed E-state index contributed by atoms with van der Waals surface area (Å²) in [4.78, 5) is 0. The predicted octanol–water partition coefficient (Wildman–Crippen LogP) is 2.89. The van der Waals surface area contributed by atoms with Crippen LogP contribution in [0.1, 0.15) is 19.5 Å². The lowest BCUT2D eigenvalue weighted by atomic mass is 9.91. The fourth-order valence-electron chi connectivity index (χ4n) is 1.86. The Morgan fingerprint density at radius 1 is 1.24 bits per heavy atom. The number of benzene rings is 1. The summed E-state index contributed by atoms with van der Waals surface area (Å²) in [6.07, 6.45) is 0. The first-order valence-corrected chi connectivity index (χ1v) is 5.56. The van der Waals surface area contributed by atoms with Gasteiger partial charge in [-0.15, -0.1) is 0 Å². The van der Waals surface area contributed by atoms with E-state index in [9.17, 15) is 0 Å². The van der Waals surface area contributed by atoms with Gasteiger partial charge in [0, 0.05) is 12.6 Å². The lowest BCUT2D eigenvalue weighted by molar-refractivity contribution is 0.587. The van der Waals surface area contributed by atoms with Crippen molar-refractivity contribution in [3.05, 3.63) is 42.1 Å². The minimum absolute atomic E-state index is 0.519. The molecule has 0 aliphatic heterocycles. The van der Waals surface area contributed by atoms with E-state index in [0.29, 0.717) is 0 Å². The van der Waals surface area contributed by atoms with Crippen LogP contribution in [0.2, 0.25) is 0 Å². The predicted molar refractivity (Wildman–Crippen MR) is 67.3 cm³/mol.